The van der Waals surface area contributed by atoms with E-state index in [1.54, 1.807) is 0 Å². The lowest BCUT2D eigenvalue weighted by atomic mass is 9.99. The van der Waals surface area contributed by atoms with Gasteiger partial charge in [-0.3, -0.25) is 9.59 Å². The summed E-state index contributed by atoms with van der Waals surface area (Å²) < 4.78 is 22.1. The zero-order valence-corrected chi connectivity index (χ0v) is 32.3. The predicted molar refractivity (Wildman–Crippen MR) is 205 cm³/mol. The maximum Gasteiger partial charge on any atom is 0.306 e. The standard InChI is InChI=1S/C42H72O10/c1-3-5-7-9-11-13-15-17-18-19-21-23-25-27-29-31-38(45)51-35(34-50-42-41(48)40(47)39(46)36(32-43)52-42)33-49-37(44)30-28-26-24-22-20-16-14-12-10-8-6-4-2/h5,7,11-14,17-18,35-36,39-43,46-48H,3-4,6,8-10,15-16,19-34H2,1-2H3/b7-5+,13-11+,14-12+,18-17+/t35-,36-,39+,40?,41?,42-/m1/s1. The third-order valence-corrected chi connectivity index (χ3v) is 8.95. The molecule has 10 heteroatoms. The van der Waals surface area contributed by atoms with Gasteiger partial charge in [-0.15, -0.1) is 0 Å². The van der Waals surface area contributed by atoms with Gasteiger partial charge in [0.2, 0.25) is 0 Å². The molecule has 0 aromatic rings. The second-order valence-corrected chi connectivity index (χ2v) is 13.7. The summed E-state index contributed by atoms with van der Waals surface area (Å²) in [7, 11) is 0. The third kappa shape index (κ3) is 24.8. The van der Waals surface area contributed by atoms with E-state index in [2.05, 4.69) is 62.5 Å². The van der Waals surface area contributed by atoms with Crippen molar-refractivity contribution >= 4 is 11.9 Å². The van der Waals surface area contributed by atoms with Gasteiger partial charge in [-0.1, -0.05) is 114 Å². The molecule has 1 rings (SSSR count). The van der Waals surface area contributed by atoms with Gasteiger partial charge in [0.05, 0.1) is 13.2 Å². The number of allylic oxidation sites excluding steroid dienone is 8. The van der Waals surface area contributed by atoms with Crippen molar-refractivity contribution in [2.45, 2.75) is 185 Å². The smallest absolute Gasteiger partial charge is 0.306 e. The number of unbranched alkanes of at least 4 members (excludes halogenated alkanes) is 13. The second kappa shape index (κ2) is 33.2. The highest BCUT2D eigenvalue weighted by Crippen LogP contribution is 2.22. The molecule has 0 aromatic carbocycles. The number of hydrogen-bond donors (Lipinski definition) is 4. The molecule has 0 amide bonds. The first kappa shape index (κ1) is 47.7. The van der Waals surface area contributed by atoms with Crippen LogP contribution < -0.4 is 0 Å². The Morgan fingerprint density at radius 1 is 0.615 bits per heavy atom. The van der Waals surface area contributed by atoms with Crippen molar-refractivity contribution in [3.8, 4) is 0 Å². The lowest BCUT2D eigenvalue weighted by molar-refractivity contribution is -0.305. The minimum atomic E-state index is -1.60. The molecule has 4 N–H and O–H groups in total. The van der Waals surface area contributed by atoms with Crippen LogP contribution in [0.3, 0.4) is 0 Å². The van der Waals surface area contributed by atoms with Crippen LogP contribution in [0.5, 0.6) is 0 Å². The topological polar surface area (TPSA) is 152 Å². The Morgan fingerprint density at radius 2 is 1.13 bits per heavy atom. The van der Waals surface area contributed by atoms with E-state index in [1.807, 2.05) is 0 Å². The summed E-state index contributed by atoms with van der Waals surface area (Å²) in [6.07, 6.45) is 29.7. The Hall–Kier alpha value is -2.34. The molecular formula is C42H72O10. The fourth-order valence-electron chi connectivity index (χ4n) is 5.72. The van der Waals surface area contributed by atoms with Gasteiger partial charge in [-0.2, -0.15) is 0 Å². The summed E-state index contributed by atoms with van der Waals surface area (Å²) in [5.74, 6) is -0.842. The van der Waals surface area contributed by atoms with Crippen molar-refractivity contribution in [1.82, 2.24) is 0 Å². The van der Waals surface area contributed by atoms with Crippen LogP contribution in [0.15, 0.2) is 48.6 Å². The SMILES string of the molecule is CC/C=C/C/C=C/C/C=C/CCCCCCCC(=O)O[C@H](COC(=O)CCCCCCC/C=C/CCCCC)CO[C@@H]1O[C@H](CO)[C@H](O)C(O)C1O. The second-order valence-electron chi connectivity index (χ2n) is 13.7. The molecule has 52 heavy (non-hydrogen) atoms. The molecular weight excluding hydrogens is 664 g/mol. The van der Waals surface area contributed by atoms with Gasteiger partial charge in [-0.25, -0.2) is 0 Å². The highest BCUT2D eigenvalue weighted by atomic mass is 16.7. The molecule has 0 aliphatic carbocycles. The maximum absolute atomic E-state index is 12.7. The fraction of sp³-hybridized carbons (Fsp3) is 0.762. The number of aliphatic hydroxyl groups is 4. The third-order valence-electron chi connectivity index (χ3n) is 8.95. The quantitative estimate of drug-likeness (QED) is 0.0307. The Kier molecular flexibility index (Phi) is 30.5. The van der Waals surface area contributed by atoms with Crippen LogP contribution in [-0.4, -0.2) is 89.0 Å². The number of aliphatic hydroxyl groups excluding tert-OH is 4. The van der Waals surface area contributed by atoms with Gasteiger partial charge in [-0.05, 0) is 70.6 Å². The maximum atomic E-state index is 12.7. The molecule has 1 heterocycles. The highest BCUT2D eigenvalue weighted by molar-refractivity contribution is 5.70. The first-order valence-corrected chi connectivity index (χ1v) is 20.2. The number of ether oxygens (including phenoxy) is 4. The summed E-state index contributed by atoms with van der Waals surface area (Å²) in [6.45, 7) is 3.23. The van der Waals surface area contributed by atoms with Crippen LogP contribution >= 0.6 is 0 Å². The summed E-state index contributed by atoms with van der Waals surface area (Å²) >= 11 is 0. The van der Waals surface area contributed by atoms with E-state index >= 15 is 0 Å². The Bertz CT molecular complexity index is 991. The highest BCUT2D eigenvalue weighted by Gasteiger charge is 2.44. The largest absolute Gasteiger partial charge is 0.462 e. The molecule has 0 saturated carbocycles. The van der Waals surface area contributed by atoms with E-state index in [-0.39, 0.29) is 26.1 Å². The average Bonchev–Trinajstić information content (AvgIpc) is 3.14. The molecule has 0 spiro atoms. The van der Waals surface area contributed by atoms with Gasteiger partial charge in [0.25, 0.3) is 0 Å². The Morgan fingerprint density at radius 3 is 1.73 bits per heavy atom. The first-order chi connectivity index (χ1) is 25.3. The van der Waals surface area contributed by atoms with Crippen molar-refractivity contribution in [3.63, 3.8) is 0 Å². The molecule has 10 nitrogen and oxygen atoms in total. The number of hydrogen-bond acceptors (Lipinski definition) is 10. The van der Waals surface area contributed by atoms with Gasteiger partial charge in [0.1, 0.15) is 31.0 Å². The molecule has 2 unspecified atom stereocenters. The Labute approximate surface area is 314 Å². The van der Waals surface area contributed by atoms with E-state index in [0.29, 0.717) is 12.8 Å². The molecule has 0 bridgehead atoms. The van der Waals surface area contributed by atoms with Crippen LogP contribution in [0.4, 0.5) is 0 Å². The summed E-state index contributed by atoms with van der Waals surface area (Å²) in [6, 6.07) is 0. The van der Waals surface area contributed by atoms with E-state index in [4.69, 9.17) is 18.9 Å². The van der Waals surface area contributed by atoms with Crippen molar-refractivity contribution in [2.75, 3.05) is 19.8 Å². The molecule has 1 fully saturated rings. The summed E-state index contributed by atoms with van der Waals surface area (Å²) in [5, 5.41) is 39.9. The van der Waals surface area contributed by atoms with Crippen LogP contribution in [-0.2, 0) is 28.5 Å². The average molecular weight is 737 g/mol. The van der Waals surface area contributed by atoms with Crippen molar-refractivity contribution in [2.24, 2.45) is 0 Å². The van der Waals surface area contributed by atoms with Gasteiger partial charge in [0, 0.05) is 12.8 Å². The van der Waals surface area contributed by atoms with Crippen LogP contribution in [0.2, 0.25) is 0 Å². The molecule has 300 valence electrons. The lowest BCUT2D eigenvalue weighted by Crippen LogP contribution is -2.59. The van der Waals surface area contributed by atoms with E-state index in [9.17, 15) is 30.0 Å². The lowest BCUT2D eigenvalue weighted by Gasteiger charge is -2.39. The Balaban J connectivity index is 2.40. The van der Waals surface area contributed by atoms with Crippen LogP contribution in [0.1, 0.15) is 149 Å². The van der Waals surface area contributed by atoms with Crippen LogP contribution in [0.25, 0.3) is 0 Å². The minimum Gasteiger partial charge on any atom is -0.462 e. The fourth-order valence-corrected chi connectivity index (χ4v) is 5.72. The van der Waals surface area contributed by atoms with Crippen molar-refractivity contribution < 1.29 is 49.0 Å². The van der Waals surface area contributed by atoms with Crippen molar-refractivity contribution in [1.29, 1.82) is 0 Å². The number of carbonyl (C=O) groups is 2. The van der Waals surface area contributed by atoms with E-state index < -0.39 is 55.4 Å². The molecule has 1 aliphatic rings. The number of esters is 2. The zero-order valence-electron chi connectivity index (χ0n) is 32.3. The minimum absolute atomic E-state index is 0.207. The van der Waals surface area contributed by atoms with Crippen molar-refractivity contribution in [3.05, 3.63) is 48.6 Å². The predicted octanol–water partition coefficient (Wildman–Crippen LogP) is 7.71. The summed E-state index contributed by atoms with van der Waals surface area (Å²) in [4.78, 5) is 25.2. The normalized spacial score (nSPS) is 21.5. The van der Waals surface area contributed by atoms with Gasteiger partial charge >= 0.3 is 11.9 Å². The molecule has 1 aliphatic heterocycles. The molecule has 1 saturated heterocycles. The summed E-state index contributed by atoms with van der Waals surface area (Å²) in [5.41, 5.74) is 0. The van der Waals surface area contributed by atoms with E-state index in [1.165, 1.54) is 19.3 Å². The van der Waals surface area contributed by atoms with E-state index in [0.717, 1.165) is 89.9 Å². The molecule has 0 radical (unpaired) electrons. The monoisotopic (exact) mass is 737 g/mol. The van der Waals surface area contributed by atoms with Gasteiger partial charge in [0.15, 0.2) is 12.4 Å². The number of carbonyl (C=O) groups excluding carboxylic acids is 2. The van der Waals surface area contributed by atoms with Gasteiger partial charge < -0.3 is 39.4 Å². The molecule has 6 atom stereocenters. The molecule has 0 aromatic heterocycles. The number of rotatable bonds is 32. The first-order valence-electron chi connectivity index (χ1n) is 20.2. The van der Waals surface area contributed by atoms with Crippen LogP contribution in [0, 0.1) is 0 Å². The zero-order chi connectivity index (χ0) is 38.1.